The molecule has 3 rings (SSSR count). The minimum absolute atomic E-state index is 0.160. The number of carbonyl (C=O) groups is 1. The van der Waals surface area contributed by atoms with Crippen LogP contribution in [0.5, 0.6) is 0 Å². The Labute approximate surface area is 161 Å². The molecule has 1 heterocycles. The SMILES string of the molecule is Cc1ccnc(-c2ccc(NC(=O)N(C)Cc3ccc(Br)cc3)cc2)n1. The molecule has 0 aliphatic carbocycles. The van der Waals surface area contributed by atoms with Crippen molar-refractivity contribution in [3.63, 3.8) is 0 Å². The van der Waals surface area contributed by atoms with Crippen LogP contribution < -0.4 is 5.32 Å². The Kier molecular flexibility index (Phi) is 5.63. The molecule has 0 unspecified atom stereocenters. The van der Waals surface area contributed by atoms with E-state index in [0.717, 1.165) is 27.0 Å². The number of anilines is 1. The number of rotatable bonds is 4. The highest BCUT2D eigenvalue weighted by Crippen LogP contribution is 2.18. The molecule has 0 radical (unpaired) electrons. The fourth-order valence-electron chi connectivity index (χ4n) is 2.45. The molecule has 5 nitrogen and oxygen atoms in total. The zero-order valence-corrected chi connectivity index (χ0v) is 16.2. The van der Waals surface area contributed by atoms with Gasteiger partial charge >= 0.3 is 6.03 Å². The molecule has 2 aromatic carbocycles. The van der Waals surface area contributed by atoms with Crippen LogP contribution in [-0.4, -0.2) is 27.9 Å². The Balaban J connectivity index is 1.62. The van der Waals surface area contributed by atoms with Gasteiger partial charge in [0.25, 0.3) is 0 Å². The minimum atomic E-state index is -0.160. The topological polar surface area (TPSA) is 58.1 Å². The van der Waals surface area contributed by atoms with Crippen molar-refractivity contribution in [3.8, 4) is 11.4 Å². The third-order valence-electron chi connectivity index (χ3n) is 3.87. The highest BCUT2D eigenvalue weighted by atomic mass is 79.9. The van der Waals surface area contributed by atoms with Gasteiger partial charge in [-0.3, -0.25) is 0 Å². The summed E-state index contributed by atoms with van der Waals surface area (Å²) in [6.45, 7) is 2.47. The van der Waals surface area contributed by atoms with Gasteiger partial charge in [-0.25, -0.2) is 14.8 Å². The predicted octanol–water partition coefficient (Wildman–Crippen LogP) is 4.88. The number of carbonyl (C=O) groups excluding carboxylic acids is 1. The lowest BCUT2D eigenvalue weighted by molar-refractivity contribution is 0.220. The molecule has 0 spiro atoms. The smallest absolute Gasteiger partial charge is 0.321 e. The summed E-state index contributed by atoms with van der Waals surface area (Å²) >= 11 is 3.41. The number of nitrogens with zero attached hydrogens (tertiary/aromatic N) is 3. The standard InChI is InChI=1S/C20H19BrN4O/c1-14-11-12-22-19(23-14)16-5-9-18(10-6-16)24-20(26)25(2)13-15-3-7-17(21)8-4-15/h3-12H,13H2,1-2H3,(H,24,26). The van der Waals surface area contributed by atoms with Crippen molar-refractivity contribution in [3.05, 3.63) is 76.5 Å². The van der Waals surface area contributed by atoms with Gasteiger partial charge in [-0.1, -0.05) is 28.1 Å². The number of aryl methyl sites for hydroxylation is 1. The number of urea groups is 1. The van der Waals surface area contributed by atoms with Crippen LogP contribution in [0.25, 0.3) is 11.4 Å². The molecular weight excluding hydrogens is 392 g/mol. The molecule has 26 heavy (non-hydrogen) atoms. The van der Waals surface area contributed by atoms with E-state index in [1.807, 2.05) is 61.5 Å². The number of hydrogen-bond acceptors (Lipinski definition) is 3. The van der Waals surface area contributed by atoms with Crippen molar-refractivity contribution in [1.29, 1.82) is 0 Å². The zero-order chi connectivity index (χ0) is 18.5. The number of aromatic nitrogens is 2. The molecule has 0 fully saturated rings. The van der Waals surface area contributed by atoms with Crippen LogP contribution in [0, 0.1) is 6.92 Å². The molecule has 0 saturated heterocycles. The summed E-state index contributed by atoms with van der Waals surface area (Å²) in [5.41, 5.74) is 3.63. The molecule has 1 N–H and O–H groups in total. The van der Waals surface area contributed by atoms with E-state index in [9.17, 15) is 4.79 Å². The molecule has 6 heteroatoms. The van der Waals surface area contributed by atoms with E-state index in [2.05, 4.69) is 31.2 Å². The Morgan fingerprint density at radius 3 is 2.42 bits per heavy atom. The van der Waals surface area contributed by atoms with Crippen molar-refractivity contribution in [2.24, 2.45) is 0 Å². The molecular formula is C20H19BrN4O. The Bertz CT molecular complexity index is 894. The molecule has 0 atom stereocenters. The number of hydrogen-bond donors (Lipinski definition) is 1. The van der Waals surface area contributed by atoms with Crippen LogP contribution in [0.3, 0.4) is 0 Å². The maximum atomic E-state index is 12.4. The Morgan fingerprint density at radius 2 is 1.77 bits per heavy atom. The maximum absolute atomic E-state index is 12.4. The first kappa shape index (κ1) is 18.1. The van der Waals surface area contributed by atoms with Crippen LogP contribution in [0.4, 0.5) is 10.5 Å². The van der Waals surface area contributed by atoms with E-state index in [1.54, 1.807) is 18.1 Å². The molecule has 3 aromatic rings. The van der Waals surface area contributed by atoms with Crippen LogP contribution in [0.1, 0.15) is 11.3 Å². The van der Waals surface area contributed by atoms with E-state index >= 15 is 0 Å². The largest absolute Gasteiger partial charge is 0.323 e. The number of nitrogens with one attached hydrogen (secondary N) is 1. The van der Waals surface area contributed by atoms with E-state index in [1.165, 1.54) is 0 Å². The average molecular weight is 411 g/mol. The highest BCUT2D eigenvalue weighted by Gasteiger charge is 2.10. The van der Waals surface area contributed by atoms with Gasteiger partial charge in [-0.15, -0.1) is 0 Å². The Hall–Kier alpha value is -2.73. The van der Waals surface area contributed by atoms with Crippen LogP contribution in [-0.2, 0) is 6.54 Å². The second-order valence-corrected chi connectivity index (χ2v) is 6.93. The Morgan fingerprint density at radius 1 is 1.08 bits per heavy atom. The van der Waals surface area contributed by atoms with Gasteiger partial charge < -0.3 is 10.2 Å². The van der Waals surface area contributed by atoms with Crippen LogP contribution in [0.15, 0.2) is 65.3 Å². The van der Waals surface area contributed by atoms with Gasteiger partial charge in [0.2, 0.25) is 0 Å². The van der Waals surface area contributed by atoms with Crippen LogP contribution in [0.2, 0.25) is 0 Å². The second kappa shape index (κ2) is 8.10. The number of halogens is 1. The van der Waals surface area contributed by atoms with E-state index in [4.69, 9.17) is 0 Å². The third kappa shape index (κ3) is 4.67. The van der Waals surface area contributed by atoms with Gasteiger partial charge in [-0.2, -0.15) is 0 Å². The summed E-state index contributed by atoms with van der Waals surface area (Å²) in [7, 11) is 1.77. The maximum Gasteiger partial charge on any atom is 0.321 e. The van der Waals surface area contributed by atoms with E-state index in [-0.39, 0.29) is 6.03 Å². The number of amides is 2. The summed E-state index contributed by atoms with van der Waals surface area (Å²) in [6.07, 6.45) is 1.74. The van der Waals surface area contributed by atoms with Crippen molar-refractivity contribution in [2.45, 2.75) is 13.5 Å². The molecule has 0 aliphatic heterocycles. The van der Waals surface area contributed by atoms with Gasteiger partial charge in [0, 0.05) is 41.2 Å². The van der Waals surface area contributed by atoms with Crippen molar-refractivity contribution < 1.29 is 4.79 Å². The lowest BCUT2D eigenvalue weighted by Crippen LogP contribution is -2.30. The summed E-state index contributed by atoms with van der Waals surface area (Å²) < 4.78 is 1.02. The summed E-state index contributed by atoms with van der Waals surface area (Å²) in [5, 5.41) is 2.90. The molecule has 0 saturated carbocycles. The summed E-state index contributed by atoms with van der Waals surface area (Å²) in [4.78, 5) is 22.7. The lowest BCUT2D eigenvalue weighted by Gasteiger charge is -2.18. The normalized spacial score (nSPS) is 10.4. The predicted molar refractivity (Wildman–Crippen MR) is 107 cm³/mol. The zero-order valence-electron chi connectivity index (χ0n) is 14.6. The first-order valence-electron chi connectivity index (χ1n) is 8.18. The van der Waals surface area contributed by atoms with E-state index in [0.29, 0.717) is 12.4 Å². The summed E-state index contributed by atoms with van der Waals surface area (Å²) in [5.74, 6) is 0.676. The van der Waals surface area contributed by atoms with Gasteiger partial charge in [0.05, 0.1) is 0 Å². The molecule has 0 aliphatic rings. The second-order valence-electron chi connectivity index (χ2n) is 6.01. The van der Waals surface area contributed by atoms with Crippen molar-refractivity contribution >= 4 is 27.6 Å². The molecule has 1 aromatic heterocycles. The van der Waals surface area contributed by atoms with Gasteiger partial charge in [0.15, 0.2) is 5.82 Å². The monoisotopic (exact) mass is 410 g/mol. The third-order valence-corrected chi connectivity index (χ3v) is 4.40. The quantitative estimate of drug-likeness (QED) is 0.666. The number of benzene rings is 2. The molecule has 2 amide bonds. The van der Waals surface area contributed by atoms with Crippen LogP contribution >= 0.6 is 15.9 Å². The van der Waals surface area contributed by atoms with E-state index < -0.39 is 0 Å². The fraction of sp³-hybridized carbons (Fsp3) is 0.150. The molecule has 0 bridgehead atoms. The lowest BCUT2D eigenvalue weighted by atomic mass is 10.2. The molecule has 132 valence electrons. The first-order valence-corrected chi connectivity index (χ1v) is 8.97. The van der Waals surface area contributed by atoms with Gasteiger partial charge in [0.1, 0.15) is 0 Å². The average Bonchev–Trinajstić information content (AvgIpc) is 2.64. The first-order chi connectivity index (χ1) is 12.5. The highest BCUT2D eigenvalue weighted by molar-refractivity contribution is 9.10. The summed E-state index contributed by atoms with van der Waals surface area (Å²) in [6, 6.07) is 17.1. The van der Waals surface area contributed by atoms with Gasteiger partial charge in [-0.05, 0) is 55.0 Å². The fourth-order valence-corrected chi connectivity index (χ4v) is 2.71. The minimum Gasteiger partial charge on any atom is -0.323 e. The van der Waals surface area contributed by atoms with Crippen molar-refractivity contribution in [2.75, 3.05) is 12.4 Å². The van der Waals surface area contributed by atoms with Crippen molar-refractivity contribution in [1.82, 2.24) is 14.9 Å².